The van der Waals surface area contributed by atoms with E-state index in [0.717, 1.165) is 0 Å². The largest absolute Gasteiger partial charge is 0.411 e. The molecule has 19 heavy (non-hydrogen) atoms. The van der Waals surface area contributed by atoms with Crippen molar-refractivity contribution in [2.75, 3.05) is 25.1 Å². The van der Waals surface area contributed by atoms with Crippen molar-refractivity contribution in [3.8, 4) is 0 Å². The average Bonchev–Trinajstić information content (AvgIpc) is 2.29. The average molecular weight is 292 g/mol. The zero-order valence-electron chi connectivity index (χ0n) is 9.12. The van der Waals surface area contributed by atoms with Crippen LogP contribution in [0.2, 0.25) is 0 Å². The summed E-state index contributed by atoms with van der Waals surface area (Å²) < 4.78 is 90.4. The molecular formula is C9H7F7N2O. The fourth-order valence-electron chi connectivity index (χ4n) is 1.08. The number of alkyl halides is 3. The number of anilines is 1. The van der Waals surface area contributed by atoms with E-state index in [1.54, 1.807) is 0 Å². The molecule has 0 aliphatic carbocycles. The molecule has 1 aromatic rings. The van der Waals surface area contributed by atoms with Crippen LogP contribution in [0.5, 0.6) is 0 Å². The predicted octanol–water partition coefficient (Wildman–Crippen LogP) is 2.63. The number of aromatic nitrogens is 1. The van der Waals surface area contributed by atoms with E-state index in [2.05, 4.69) is 9.72 Å². The number of nitrogens with zero attached hydrogens (tertiary/aromatic N) is 1. The summed E-state index contributed by atoms with van der Waals surface area (Å²) in [6.07, 6.45) is -4.54. The Balaban J connectivity index is 2.54. The van der Waals surface area contributed by atoms with Crippen molar-refractivity contribution < 1.29 is 35.5 Å². The molecule has 0 spiro atoms. The van der Waals surface area contributed by atoms with Gasteiger partial charge in [-0.1, -0.05) is 0 Å². The molecule has 0 aliphatic heterocycles. The number of ether oxygens (including phenoxy) is 1. The molecule has 0 atom stereocenters. The van der Waals surface area contributed by atoms with E-state index in [1.807, 2.05) is 5.32 Å². The van der Waals surface area contributed by atoms with Crippen LogP contribution in [-0.2, 0) is 4.74 Å². The van der Waals surface area contributed by atoms with Gasteiger partial charge in [0.05, 0.1) is 6.61 Å². The Morgan fingerprint density at radius 1 is 1.00 bits per heavy atom. The summed E-state index contributed by atoms with van der Waals surface area (Å²) in [7, 11) is 0. The van der Waals surface area contributed by atoms with Crippen molar-refractivity contribution in [1.29, 1.82) is 0 Å². The van der Waals surface area contributed by atoms with Crippen molar-refractivity contribution >= 4 is 5.69 Å². The Morgan fingerprint density at radius 3 is 2.00 bits per heavy atom. The molecule has 0 fully saturated rings. The van der Waals surface area contributed by atoms with Crippen molar-refractivity contribution in [3.63, 3.8) is 0 Å². The number of pyridine rings is 1. The van der Waals surface area contributed by atoms with Gasteiger partial charge in [-0.2, -0.15) is 35.7 Å². The van der Waals surface area contributed by atoms with E-state index in [9.17, 15) is 30.7 Å². The van der Waals surface area contributed by atoms with E-state index in [4.69, 9.17) is 0 Å². The molecule has 1 N–H and O–H groups in total. The lowest BCUT2D eigenvalue weighted by atomic mass is 10.3. The fraction of sp³-hybridized carbons (Fsp3) is 0.444. The molecule has 0 saturated heterocycles. The minimum atomic E-state index is -4.54. The fourth-order valence-corrected chi connectivity index (χ4v) is 1.08. The van der Waals surface area contributed by atoms with Crippen LogP contribution in [0.4, 0.5) is 36.4 Å². The van der Waals surface area contributed by atoms with Crippen molar-refractivity contribution in [2.45, 2.75) is 6.18 Å². The summed E-state index contributed by atoms with van der Waals surface area (Å²) in [5.41, 5.74) is -1.15. The standard InChI is InChI=1S/C9H7F7N2O/c10-4-6(5(11)8(13)18-7(4)12)17-1-2-19-3-9(14,15)16/h1-3H2,(H,17,18). The zero-order chi connectivity index (χ0) is 14.6. The molecule has 0 saturated carbocycles. The van der Waals surface area contributed by atoms with Gasteiger partial charge in [-0.3, -0.25) is 0 Å². The van der Waals surface area contributed by atoms with E-state index in [1.165, 1.54) is 0 Å². The van der Waals surface area contributed by atoms with Gasteiger partial charge in [-0.05, 0) is 0 Å². The third kappa shape index (κ3) is 4.54. The maximum atomic E-state index is 13.0. The van der Waals surface area contributed by atoms with E-state index >= 15 is 0 Å². The SMILES string of the molecule is Fc1nc(F)c(F)c(NCCOCC(F)(F)F)c1F. The van der Waals surface area contributed by atoms with Gasteiger partial charge < -0.3 is 10.1 Å². The zero-order valence-corrected chi connectivity index (χ0v) is 9.12. The molecule has 0 unspecified atom stereocenters. The van der Waals surface area contributed by atoms with Gasteiger partial charge >= 0.3 is 6.18 Å². The molecule has 1 aromatic heterocycles. The first-order valence-electron chi connectivity index (χ1n) is 4.80. The minimum absolute atomic E-state index is 0.479. The Bertz CT molecular complexity index is 423. The van der Waals surface area contributed by atoms with E-state index in [0.29, 0.717) is 0 Å². The maximum Gasteiger partial charge on any atom is 0.411 e. The Labute approximate surface area is 102 Å². The number of hydrogen-bond donors (Lipinski definition) is 1. The minimum Gasteiger partial charge on any atom is -0.378 e. The van der Waals surface area contributed by atoms with Gasteiger partial charge in [0.15, 0.2) is 0 Å². The number of halogens is 7. The second-order valence-electron chi connectivity index (χ2n) is 3.29. The quantitative estimate of drug-likeness (QED) is 0.514. The summed E-state index contributed by atoms with van der Waals surface area (Å²) in [5, 5.41) is 1.89. The molecular weight excluding hydrogens is 285 g/mol. The van der Waals surface area contributed by atoms with Gasteiger partial charge in [-0.25, -0.2) is 0 Å². The number of nitrogens with one attached hydrogen (secondary N) is 1. The third-order valence-corrected chi connectivity index (χ3v) is 1.81. The lowest BCUT2D eigenvalue weighted by Crippen LogP contribution is -2.21. The maximum absolute atomic E-state index is 13.0. The summed E-state index contributed by atoms with van der Waals surface area (Å²) in [4.78, 5) is 2.31. The molecule has 0 aliphatic rings. The van der Waals surface area contributed by atoms with Gasteiger partial charge in [-0.15, -0.1) is 0 Å². The lowest BCUT2D eigenvalue weighted by Gasteiger charge is -2.10. The second-order valence-corrected chi connectivity index (χ2v) is 3.29. The first-order chi connectivity index (χ1) is 8.72. The summed E-state index contributed by atoms with van der Waals surface area (Å²) >= 11 is 0. The summed E-state index contributed by atoms with van der Waals surface area (Å²) in [5.74, 6) is -7.26. The van der Waals surface area contributed by atoms with Crippen LogP contribution in [-0.4, -0.2) is 30.9 Å². The molecule has 0 amide bonds. The van der Waals surface area contributed by atoms with Crippen molar-refractivity contribution in [3.05, 3.63) is 23.5 Å². The van der Waals surface area contributed by atoms with Crippen LogP contribution in [0.1, 0.15) is 0 Å². The topological polar surface area (TPSA) is 34.2 Å². The van der Waals surface area contributed by atoms with Crippen LogP contribution in [0.15, 0.2) is 0 Å². The smallest absolute Gasteiger partial charge is 0.378 e. The molecule has 0 bridgehead atoms. The molecule has 10 heteroatoms. The highest BCUT2D eigenvalue weighted by atomic mass is 19.4. The number of hydrogen-bond acceptors (Lipinski definition) is 3. The van der Waals surface area contributed by atoms with E-state index in [-0.39, 0.29) is 0 Å². The van der Waals surface area contributed by atoms with Crippen LogP contribution in [0.3, 0.4) is 0 Å². The lowest BCUT2D eigenvalue weighted by molar-refractivity contribution is -0.172. The van der Waals surface area contributed by atoms with Crippen LogP contribution >= 0.6 is 0 Å². The normalized spacial score (nSPS) is 11.7. The molecule has 1 rings (SSSR count). The Kier molecular flexibility index (Phi) is 4.92. The molecule has 108 valence electrons. The highest BCUT2D eigenvalue weighted by Gasteiger charge is 2.27. The number of rotatable bonds is 5. The summed E-state index contributed by atoms with van der Waals surface area (Å²) in [6, 6.07) is 0. The van der Waals surface area contributed by atoms with Gasteiger partial charge in [0.2, 0.25) is 11.6 Å². The van der Waals surface area contributed by atoms with Gasteiger partial charge in [0, 0.05) is 6.54 Å². The molecule has 1 heterocycles. The monoisotopic (exact) mass is 292 g/mol. The van der Waals surface area contributed by atoms with Crippen LogP contribution in [0.25, 0.3) is 0 Å². The highest BCUT2D eigenvalue weighted by Crippen LogP contribution is 2.21. The van der Waals surface area contributed by atoms with E-state index < -0.39 is 55.2 Å². The summed E-state index contributed by atoms with van der Waals surface area (Å²) in [6.45, 7) is -2.59. The third-order valence-electron chi connectivity index (χ3n) is 1.81. The molecule has 0 radical (unpaired) electrons. The second kappa shape index (κ2) is 6.04. The first kappa shape index (κ1) is 15.5. The molecule has 3 nitrogen and oxygen atoms in total. The van der Waals surface area contributed by atoms with Crippen molar-refractivity contribution in [1.82, 2.24) is 4.98 Å². The highest BCUT2D eigenvalue weighted by molar-refractivity contribution is 5.45. The Morgan fingerprint density at radius 2 is 1.53 bits per heavy atom. The van der Waals surface area contributed by atoms with Gasteiger partial charge in [0.25, 0.3) is 11.9 Å². The van der Waals surface area contributed by atoms with Crippen LogP contribution in [0, 0.1) is 23.5 Å². The Hall–Kier alpha value is -1.58. The first-order valence-corrected chi connectivity index (χ1v) is 4.80. The predicted molar refractivity (Wildman–Crippen MR) is 49.4 cm³/mol. The van der Waals surface area contributed by atoms with Gasteiger partial charge in [0.1, 0.15) is 12.3 Å². The van der Waals surface area contributed by atoms with Crippen LogP contribution < -0.4 is 5.32 Å². The molecule has 0 aromatic carbocycles. The van der Waals surface area contributed by atoms with Crippen molar-refractivity contribution in [2.24, 2.45) is 0 Å².